The molecule has 2 fully saturated rings. The van der Waals surface area contributed by atoms with Crippen LogP contribution in [0.15, 0.2) is 30.3 Å². The molecule has 0 spiro atoms. The summed E-state index contributed by atoms with van der Waals surface area (Å²) in [6.07, 6.45) is 6.28. The summed E-state index contributed by atoms with van der Waals surface area (Å²) in [5, 5.41) is 3.18. The van der Waals surface area contributed by atoms with Crippen LogP contribution in [0.5, 0.6) is 0 Å². The maximum absolute atomic E-state index is 12.8. The Morgan fingerprint density at radius 1 is 0.957 bits per heavy atom. The number of carbonyl (C=O) groups is 1. The highest BCUT2D eigenvalue weighted by Gasteiger charge is 2.28. The van der Waals surface area contributed by atoms with Gasteiger partial charge in [0.05, 0.1) is 0 Å². The molecule has 0 radical (unpaired) electrons. The number of nitrogens with one attached hydrogen (secondary N) is 1. The Labute approximate surface area is 139 Å². The lowest BCUT2D eigenvalue weighted by Gasteiger charge is -2.34. The first-order valence-electron chi connectivity index (χ1n) is 9.14. The van der Waals surface area contributed by atoms with Crippen molar-refractivity contribution in [1.82, 2.24) is 15.1 Å². The number of piperidine rings is 1. The van der Waals surface area contributed by atoms with E-state index in [1.807, 2.05) is 18.2 Å². The van der Waals surface area contributed by atoms with Crippen molar-refractivity contribution in [3.63, 3.8) is 0 Å². The highest BCUT2D eigenvalue weighted by molar-refractivity contribution is 5.83. The topological polar surface area (TPSA) is 35.6 Å². The smallest absolute Gasteiger partial charge is 0.242 e. The summed E-state index contributed by atoms with van der Waals surface area (Å²) in [6, 6.07) is 10.1. The fourth-order valence-electron chi connectivity index (χ4n) is 3.78. The molecule has 0 aromatic heterocycles. The Morgan fingerprint density at radius 3 is 2.30 bits per heavy atom. The van der Waals surface area contributed by atoms with Crippen molar-refractivity contribution in [2.45, 2.75) is 38.1 Å². The lowest BCUT2D eigenvalue weighted by molar-refractivity contribution is -0.127. The van der Waals surface area contributed by atoms with Crippen LogP contribution in [0.2, 0.25) is 0 Å². The third kappa shape index (κ3) is 4.55. The van der Waals surface area contributed by atoms with Crippen molar-refractivity contribution in [1.29, 1.82) is 0 Å². The van der Waals surface area contributed by atoms with Gasteiger partial charge < -0.3 is 10.2 Å². The molecule has 0 bridgehead atoms. The first kappa shape index (κ1) is 16.5. The standard InChI is InChI=1S/C19H29N3O/c23-19(20-11-16-21-12-7-8-13-21)18(17-9-3-1-4-10-17)22-14-5-2-6-15-22/h1,3-4,9-10,18H,2,5-8,11-16H2,(H,20,23). The SMILES string of the molecule is O=C(NCCN1CCCC1)C(c1ccccc1)N1CCCCC1. The van der Waals surface area contributed by atoms with Crippen molar-refractivity contribution in [3.05, 3.63) is 35.9 Å². The van der Waals surface area contributed by atoms with E-state index in [9.17, 15) is 4.79 Å². The zero-order valence-electron chi connectivity index (χ0n) is 14.0. The molecule has 1 N–H and O–H groups in total. The normalized spacial score (nSPS) is 21.2. The zero-order valence-corrected chi connectivity index (χ0v) is 14.0. The maximum Gasteiger partial charge on any atom is 0.242 e. The summed E-state index contributed by atoms with van der Waals surface area (Å²) in [6.45, 7) is 6.16. The molecule has 0 saturated carbocycles. The Morgan fingerprint density at radius 2 is 1.61 bits per heavy atom. The number of likely N-dealkylation sites (tertiary alicyclic amines) is 2. The number of benzene rings is 1. The zero-order chi connectivity index (χ0) is 15.9. The van der Waals surface area contributed by atoms with E-state index >= 15 is 0 Å². The molecular formula is C19H29N3O. The Bertz CT molecular complexity index is 479. The second-order valence-electron chi connectivity index (χ2n) is 6.75. The molecule has 1 amide bonds. The first-order chi connectivity index (χ1) is 11.3. The van der Waals surface area contributed by atoms with Crippen LogP contribution in [-0.4, -0.2) is 55.0 Å². The first-order valence-corrected chi connectivity index (χ1v) is 9.14. The van der Waals surface area contributed by atoms with Gasteiger partial charge in [0.2, 0.25) is 5.91 Å². The highest BCUT2D eigenvalue weighted by Crippen LogP contribution is 2.24. The predicted octanol–water partition coefficient (Wildman–Crippen LogP) is 2.43. The second-order valence-corrected chi connectivity index (χ2v) is 6.75. The highest BCUT2D eigenvalue weighted by atomic mass is 16.2. The molecule has 3 rings (SSSR count). The van der Waals surface area contributed by atoms with E-state index in [1.54, 1.807) is 0 Å². The number of hydrogen-bond acceptors (Lipinski definition) is 3. The van der Waals surface area contributed by atoms with Crippen LogP contribution in [0.3, 0.4) is 0 Å². The minimum absolute atomic E-state index is 0.130. The molecule has 126 valence electrons. The van der Waals surface area contributed by atoms with Crippen molar-refractivity contribution in [2.24, 2.45) is 0 Å². The Kier molecular flexibility index (Phi) is 6.06. The molecule has 2 aliphatic heterocycles. The molecule has 2 saturated heterocycles. The van der Waals surface area contributed by atoms with Crippen molar-refractivity contribution < 1.29 is 4.79 Å². The molecule has 2 aliphatic rings. The van der Waals surface area contributed by atoms with E-state index in [-0.39, 0.29) is 11.9 Å². The number of rotatable bonds is 6. The summed E-state index contributed by atoms with van der Waals surface area (Å²) >= 11 is 0. The van der Waals surface area contributed by atoms with E-state index in [2.05, 4.69) is 27.2 Å². The van der Waals surface area contributed by atoms with Gasteiger partial charge in [-0.3, -0.25) is 9.69 Å². The lowest BCUT2D eigenvalue weighted by atomic mass is 10.0. The Balaban J connectivity index is 1.60. The Hall–Kier alpha value is -1.39. The van der Waals surface area contributed by atoms with Crippen LogP contribution >= 0.6 is 0 Å². The average Bonchev–Trinajstić information content (AvgIpc) is 3.10. The van der Waals surface area contributed by atoms with Gasteiger partial charge >= 0.3 is 0 Å². The molecule has 0 aliphatic carbocycles. The van der Waals surface area contributed by atoms with Gasteiger partial charge in [0, 0.05) is 13.1 Å². The van der Waals surface area contributed by atoms with E-state index in [1.165, 1.54) is 45.2 Å². The summed E-state index contributed by atoms with van der Waals surface area (Å²) < 4.78 is 0. The average molecular weight is 315 g/mol. The molecule has 4 heteroatoms. The van der Waals surface area contributed by atoms with Gasteiger partial charge in [-0.25, -0.2) is 0 Å². The molecule has 4 nitrogen and oxygen atoms in total. The van der Waals surface area contributed by atoms with Gasteiger partial charge in [-0.05, 0) is 57.4 Å². The third-order valence-electron chi connectivity index (χ3n) is 5.05. The van der Waals surface area contributed by atoms with Gasteiger partial charge in [0.25, 0.3) is 0 Å². The van der Waals surface area contributed by atoms with Gasteiger partial charge in [-0.15, -0.1) is 0 Å². The fourth-order valence-corrected chi connectivity index (χ4v) is 3.78. The van der Waals surface area contributed by atoms with Gasteiger partial charge in [0.1, 0.15) is 6.04 Å². The third-order valence-corrected chi connectivity index (χ3v) is 5.05. The minimum atomic E-state index is -0.130. The fraction of sp³-hybridized carbons (Fsp3) is 0.632. The van der Waals surface area contributed by atoms with Crippen molar-refractivity contribution >= 4 is 5.91 Å². The second kappa shape index (κ2) is 8.46. The maximum atomic E-state index is 12.8. The number of amides is 1. The summed E-state index contributed by atoms with van der Waals surface area (Å²) in [4.78, 5) is 17.6. The molecule has 1 unspecified atom stereocenters. The monoisotopic (exact) mass is 315 g/mol. The molecule has 2 heterocycles. The molecule has 23 heavy (non-hydrogen) atoms. The summed E-state index contributed by atoms with van der Waals surface area (Å²) in [7, 11) is 0. The lowest BCUT2D eigenvalue weighted by Crippen LogP contribution is -2.44. The number of nitrogens with zero attached hydrogens (tertiary/aromatic N) is 2. The van der Waals surface area contributed by atoms with Crippen LogP contribution in [0.4, 0.5) is 0 Å². The number of hydrogen-bond donors (Lipinski definition) is 1. The molecule has 1 atom stereocenters. The minimum Gasteiger partial charge on any atom is -0.353 e. The summed E-state index contributed by atoms with van der Waals surface area (Å²) in [5.74, 6) is 0.164. The van der Waals surface area contributed by atoms with Crippen LogP contribution in [0.25, 0.3) is 0 Å². The van der Waals surface area contributed by atoms with E-state index in [0.29, 0.717) is 0 Å². The quantitative estimate of drug-likeness (QED) is 0.876. The van der Waals surface area contributed by atoms with Crippen LogP contribution in [0, 0.1) is 0 Å². The van der Waals surface area contributed by atoms with Crippen LogP contribution in [0.1, 0.15) is 43.7 Å². The van der Waals surface area contributed by atoms with E-state index < -0.39 is 0 Å². The van der Waals surface area contributed by atoms with Crippen molar-refractivity contribution in [3.8, 4) is 0 Å². The predicted molar refractivity (Wildman–Crippen MR) is 93.3 cm³/mol. The van der Waals surface area contributed by atoms with Crippen LogP contribution in [-0.2, 0) is 4.79 Å². The van der Waals surface area contributed by atoms with Gasteiger partial charge in [-0.2, -0.15) is 0 Å². The van der Waals surface area contributed by atoms with Gasteiger partial charge in [0.15, 0.2) is 0 Å². The summed E-state index contributed by atoms with van der Waals surface area (Å²) in [5.41, 5.74) is 1.12. The number of carbonyl (C=O) groups excluding carboxylic acids is 1. The van der Waals surface area contributed by atoms with Crippen molar-refractivity contribution in [2.75, 3.05) is 39.3 Å². The van der Waals surface area contributed by atoms with Crippen LogP contribution < -0.4 is 5.32 Å². The van der Waals surface area contributed by atoms with E-state index in [0.717, 1.165) is 31.7 Å². The van der Waals surface area contributed by atoms with E-state index in [4.69, 9.17) is 0 Å². The molecular weight excluding hydrogens is 286 g/mol. The molecule has 1 aromatic carbocycles. The molecule has 1 aromatic rings. The van der Waals surface area contributed by atoms with Gasteiger partial charge in [-0.1, -0.05) is 36.8 Å². The largest absolute Gasteiger partial charge is 0.353 e.